The van der Waals surface area contributed by atoms with Gasteiger partial charge >= 0.3 is 6.18 Å². The van der Waals surface area contributed by atoms with Gasteiger partial charge in [0, 0.05) is 18.2 Å². The van der Waals surface area contributed by atoms with Crippen molar-refractivity contribution in [2.45, 2.75) is 19.5 Å². The standard InChI is InChI=1S/C21H15F4NO3/c1-12-9-14(22)6-8-18(12)29-19-10-13(21(23,24)25)5-7-17(19)20(28)26-15-3-2-4-16(27)11-15/h2-3,5-11H,4H2,1H3,(H,26,28). The molecule has 0 saturated carbocycles. The number of hydrogen-bond donors (Lipinski definition) is 1. The van der Waals surface area contributed by atoms with Crippen LogP contribution in [0.4, 0.5) is 17.6 Å². The minimum atomic E-state index is -4.65. The van der Waals surface area contributed by atoms with Crippen LogP contribution in [0.15, 0.2) is 60.3 Å². The van der Waals surface area contributed by atoms with Crippen molar-refractivity contribution < 1.29 is 31.9 Å². The van der Waals surface area contributed by atoms with Crippen molar-refractivity contribution in [2.75, 3.05) is 0 Å². The van der Waals surface area contributed by atoms with E-state index in [9.17, 15) is 27.2 Å². The van der Waals surface area contributed by atoms with Gasteiger partial charge in [-0.1, -0.05) is 6.08 Å². The third-order valence-electron chi connectivity index (χ3n) is 4.10. The fourth-order valence-electron chi connectivity index (χ4n) is 2.68. The summed E-state index contributed by atoms with van der Waals surface area (Å²) in [7, 11) is 0. The number of halogens is 4. The summed E-state index contributed by atoms with van der Waals surface area (Å²) < 4.78 is 58.2. The highest BCUT2D eigenvalue weighted by Crippen LogP contribution is 2.35. The average Bonchev–Trinajstić information content (AvgIpc) is 2.63. The Kier molecular flexibility index (Phi) is 5.54. The van der Waals surface area contributed by atoms with Gasteiger partial charge < -0.3 is 10.1 Å². The van der Waals surface area contributed by atoms with Gasteiger partial charge in [0.2, 0.25) is 0 Å². The molecule has 0 aliphatic heterocycles. The van der Waals surface area contributed by atoms with Crippen LogP contribution in [0.25, 0.3) is 0 Å². The molecule has 0 saturated heterocycles. The number of alkyl halides is 3. The first-order valence-corrected chi connectivity index (χ1v) is 8.51. The maximum Gasteiger partial charge on any atom is 0.416 e. The molecule has 1 aliphatic carbocycles. The van der Waals surface area contributed by atoms with Gasteiger partial charge in [-0.15, -0.1) is 0 Å². The molecular weight excluding hydrogens is 390 g/mol. The van der Waals surface area contributed by atoms with E-state index in [2.05, 4.69) is 5.32 Å². The number of hydrogen-bond acceptors (Lipinski definition) is 3. The van der Waals surface area contributed by atoms with E-state index in [1.54, 1.807) is 6.08 Å². The Morgan fingerprint density at radius 1 is 1.10 bits per heavy atom. The van der Waals surface area contributed by atoms with Gasteiger partial charge in [0.15, 0.2) is 5.78 Å². The van der Waals surface area contributed by atoms with Crippen molar-refractivity contribution in [2.24, 2.45) is 0 Å². The van der Waals surface area contributed by atoms with Gasteiger partial charge in [0.1, 0.15) is 17.3 Å². The van der Waals surface area contributed by atoms with Crippen LogP contribution in [-0.2, 0) is 11.0 Å². The minimum absolute atomic E-state index is 0.103. The van der Waals surface area contributed by atoms with Crippen LogP contribution in [0, 0.1) is 12.7 Å². The second kappa shape index (κ2) is 7.90. The fourth-order valence-corrected chi connectivity index (χ4v) is 2.68. The van der Waals surface area contributed by atoms with E-state index in [0.29, 0.717) is 11.6 Å². The van der Waals surface area contributed by atoms with Crippen LogP contribution in [0.3, 0.4) is 0 Å². The number of carbonyl (C=O) groups is 2. The van der Waals surface area contributed by atoms with Gasteiger partial charge in [0.05, 0.1) is 11.1 Å². The zero-order valence-corrected chi connectivity index (χ0v) is 15.1. The second-order valence-electron chi connectivity index (χ2n) is 6.35. The first kappa shape index (κ1) is 20.3. The SMILES string of the molecule is Cc1cc(F)ccc1Oc1cc(C(F)(F)F)ccc1C(=O)NC1=CC(=O)CC=C1. The molecule has 150 valence electrons. The largest absolute Gasteiger partial charge is 0.456 e. The zero-order chi connectivity index (χ0) is 21.2. The number of aryl methyl sites for hydroxylation is 1. The van der Waals surface area contributed by atoms with Crippen LogP contribution in [-0.4, -0.2) is 11.7 Å². The first-order chi connectivity index (χ1) is 13.6. The van der Waals surface area contributed by atoms with Crippen LogP contribution >= 0.6 is 0 Å². The Labute approximate surface area is 163 Å². The number of amides is 1. The maximum absolute atomic E-state index is 13.3. The van der Waals surface area contributed by atoms with Gasteiger partial charge in [-0.05, 0) is 55.0 Å². The Morgan fingerprint density at radius 3 is 2.52 bits per heavy atom. The van der Waals surface area contributed by atoms with Crippen molar-refractivity contribution in [1.29, 1.82) is 0 Å². The summed E-state index contributed by atoms with van der Waals surface area (Å²) >= 11 is 0. The molecule has 0 spiro atoms. The van der Waals surface area contributed by atoms with E-state index in [1.165, 1.54) is 25.1 Å². The summed E-state index contributed by atoms with van der Waals surface area (Å²) in [5.41, 5.74) is -0.614. The molecule has 0 radical (unpaired) electrons. The van der Waals surface area contributed by atoms with Crippen molar-refractivity contribution in [3.05, 3.63) is 82.8 Å². The zero-order valence-electron chi connectivity index (χ0n) is 15.1. The lowest BCUT2D eigenvalue weighted by Crippen LogP contribution is -2.24. The molecule has 1 aliphatic rings. The number of allylic oxidation sites excluding steroid dienone is 3. The van der Waals surface area contributed by atoms with Crippen molar-refractivity contribution in [3.63, 3.8) is 0 Å². The Morgan fingerprint density at radius 2 is 1.86 bits per heavy atom. The summed E-state index contributed by atoms with van der Waals surface area (Å²) in [6.07, 6.45) is -0.130. The number of ether oxygens (including phenoxy) is 1. The Balaban J connectivity index is 1.98. The molecule has 8 heteroatoms. The fraction of sp³-hybridized carbons (Fsp3) is 0.143. The second-order valence-corrected chi connectivity index (χ2v) is 6.35. The van der Waals surface area contributed by atoms with E-state index < -0.39 is 23.5 Å². The molecule has 29 heavy (non-hydrogen) atoms. The predicted molar refractivity (Wildman–Crippen MR) is 97.0 cm³/mol. The molecule has 0 aromatic heterocycles. The van der Waals surface area contributed by atoms with E-state index in [4.69, 9.17) is 4.74 Å². The van der Waals surface area contributed by atoms with Crippen molar-refractivity contribution in [1.82, 2.24) is 5.32 Å². The number of ketones is 1. The van der Waals surface area contributed by atoms with Crippen LogP contribution in [0.2, 0.25) is 0 Å². The normalized spacial score (nSPS) is 13.8. The van der Waals surface area contributed by atoms with Crippen LogP contribution in [0.1, 0.15) is 27.9 Å². The third-order valence-corrected chi connectivity index (χ3v) is 4.10. The summed E-state index contributed by atoms with van der Waals surface area (Å²) in [6, 6.07) is 5.97. The van der Waals surface area contributed by atoms with Crippen LogP contribution in [0.5, 0.6) is 11.5 Å². The van der Waals surface area contributed by atoms with Gasteiger partial charge in [-0.25, -0.2) is 4.39 Å². The molecule has 4 nitrogen and oxygen atoms in total. The molecule has 2 aromatic carbocycles. The molecule has 0 heterocycles. The maximum atomic E-state index is 13.3. The molecule has 0 atom stereocenters. The molecule has 0 bridgehead atoms. The van der Waals surface area contributed by atoms with E-state index >= 15 is 0 Å². The van der Waals surface area contributed by atoms with E-state index in [-0.39, 0.29) is 35.0 Å². The topological polar surface area (TPSA) is 55.4 Å². The molecule has 2 aromatic rings. The highest BCUT2D eigenvalue weighted by Gasteiger charge is 2.32. The molecule has 0 unspecified atom stereocenters. The molecule has 1 N–H and O–H groups in total. The van der Waals surface area contributed by atoms with Gasteiger partial charge in [0.25, 0.3) is 5.91 Å². The lowest BCUT2D eigenvalue weighted by Gasteiger charge is -2.16. The van der Waals surface area contributed by atoms with E-state index in [0.717, 1.165) is 24.3 Å². The number of rotatable bonds is 4. The number of benzene rings is 2. The minimum Gasteiger partial charge on any atom is -0.456 e. The monoisotopic (exact) mass is 405 g/mol. The molecule has 3 rings (SSSR count). The highest BCUT2D eigenvalue weighted by atomic mass is 19.4. The predicted octanol–water partition coefficient (Wildman–Crippen LogP) is 5.09. The lowest BCUT2D eigenvalue weighted by atomic mass is 10.1. The van der Waals surface area contributed by atoms with Gasteiger partial charge in [-0.2, -0.15) is 13.2 Å². The Hall–Kier alpha value is -3.42. The third kappa shape index (κ3) is 4.90. The summed E-state index contributed by atoms with van der Waals surface area (Å²) in [6.45, 7) is 1.52. The summed E-state index contributed by atoms with van der Waals surface area (Å²) in [5, 5.41) is 2.47. The van der Waals surface area contributed by atoms with Crippen LogP contribution < -0.4 is 10.1 Å². The van der Waals surface area contributed by atoms with E-state index in [1.807, 2.05) is 0 Å². The van der Waals surface area contributed by atoms with Crippen molar-refractivity contribution >= 4 is 11.7 Å². The molecule has 0 fully saturated rings. The van der Waals surface area contributed by atoms with Gasteiger partial charge in [-0.3, -0.25) is 9.59 Å². The molecule has 1 amide bonds. The smallest absolute Gasteiger partial charge is 0.416 e. The number of carbonyl (C=O) groups excluding carboxylic acids is 2. The first-order valence-electron chi connectivity index (χ1n) is 8.51. The Bertz CT molecular complexity index is 1040. The number of nitrogens with one attached hydrogen (secondary N) is 1. The molecular formula is C21H15F4NO3. The summed E-state index contributed by atoms with van der Waals surface area (Å²) in [4.78, 5) is 24.1. The van der Waals surface area contributed by atoms with Crippen molar-refractivity contribution in [3.8, 4) is 11.5 Å². The lowest BCUT2D eigenvalue weighted by molar-refractivity contribution is -0.137. The highest BCUT2D eigenvalue weighted by molar-refractivity contribution is 6.00. The average molecular weight is 405 g/mol. The quantitative estimate of drug-likeness (QED) is 0.721. The summed E-state index contributed by atoms with van der Waals surface area (Å²) in [5.74, 6) is -1.74.